The van der Waals surface area contributed by atoms with Gasteiger partial charge in [0.25, 0.3) is 10.2 Å². The number of allylic oxidation sites excluding steroid dienone is 1. The molecular formula is C27H29F3N6O3S+. The predicted molar refractivity (Wildman–Crippen MR) is 141 cm³/mol. The van der Waals surface area contributed by atoms with Crippen LogP contribution in [0.15, 0.2) is 69.6 Å². The van der Waals surface area contributed by atoms with Gasteiger partial charge in [0.15, 0.2) is 0 Å². The summed E-state index contributed by atoms with van der Waals surface area (Å²) in [5.41, 5.74) is 0.448. The third kappa shape index (κ3) is 4.83. The fourth-order valence-electron chi connectivity index (χ4n) is 5.92. The summed E-state index contributed by atoms with van der Waals surface area (Å²) in [7, 11) is -1.91. The first-order valence-electron chi connectivity index (χ1n) is 13.3. The van der Waals surface area contributed by atoms with Crippen molar-refractivity contribution in [3.05, 3.63) is 71.1 Å². The zero-order valence-corrected chi connectivity index (χ0v) is 22.6. The third-order valence-electron chi connectivity index (χ3n) is 8.15. The second-order valence-corrected chi connectivity index (χ2v) is 12.5. The number of rotatable bonds is 6. The van der Waals surface area contributed by atoms with Gasteiger partial charge in [-0.05, 0) is 65.2 Å². The lowest BCUT2D eigenvalue weighted by atomic mass is 9.71. The first-order chi connectivity index (χ1) is 19.0. The number of azo groups is 1. The fraction of sp³-hybridized carbons (Fsp3) is 0.444. The van der Waals surface area contributed by atoms with Gasteiger partial charge in [-0.3, -0.25) is 9.69 Å². The number of alkyl halides is 3. The molecule has 6 rings (SSSR count). The van der Waals surface area contributed by atoms with Crippen LogP contribution in [-0.4, -0.2) is 62.4 Å². The first kappa shape index (κ1) is 27.0. The summed E-state index contributed by atoms with van der Waals surface area (Å²) in [5, 5.41) is 8.36. The van der Waals surface area contributed by atoms with Crippen LogP contribution >= 0.6 is 0 Å². The highest BCUT2D eigenvalue weighted by Crippen LogP contribution is 2.48. The molecule has 1 aromatic rings. The monoisotopic (exact) mass is 574 g/mol. The number of hydrogen-bond donors (Lipinski definition) is 1. The number of benzene rings is 1. The number of halogens is 3. The molecule has 3 aliphatic heterocycles. The topological polar surface area (TPSA) is 97.4 Å². The van der Waals surface area contributed by atoms with Gasteiger partial charge in [0.2, 0.25) is 5.91 Å². The molecule has 0 aromatic heterocycles. The van der Waals surface area contributed by atoms with Gasteiger partial charge >= 0.3 is 18.7 Å². The molecule has 1 N–H and O–H groups in total. The lowest BCUT2D eigenvalue weighted by Gasteiger charge is -2.34. The van der Waals surface area contributed by atoms with E-state index in [9.17, 15) is 26.4 Å². The second kappa shape index (κ2) is 10.0. The Morgan fingerprint density at radius 3 is 2.67 bits per heavy atom. The molecule has 211 valence electrons. The number of carbonyl (C=O) groups excluding carboxylic acids is 1. The molecule has 9 nitrogen and oxygen atoms in total. The van der Waals surface area contributed by atoms with Gasteiger partial charge in [-0.1, -0.05) is 24.6 Å². The van der Waals surface area contributed by atoms with Crippen LogP contribution in [0.5, 0.6) is 0 Å². The molecule has 1 saturated heterocycles. The minimum absolute atomic E-state index is 0.0499. The van der Waals surface area contributed by atoms with Crippen LogP contribution in [0, 0.1) is 18.0 Å². The lowest BCUT2D eigenvalue weighted by Crippen LogP contribution is -2.47. The number of hydrogen-bond acceptors (Lipinski definition) is 5. The smallest absolute Gasteiger partial charge is 0.287 e. The summed E-state index contributed by atoms with van der Waals surface area (Å²) in [6.07, 6.45) is 5.12. The van der Waals surface area contributed by atoms with Crippen molar-refractivity contribution in [2.24, 2.45) is 22.1 Å². The van der Waals surface area contributed by atoms with Gasteiger partial charge in [-0.2, -0.15) is 25.9 Å². The molecule has 2 atom stereocenters. The Morgan fingerprint density at radius 2 is 2.02 bits per heavy atom. The van der Waals surface area contributed by atoms with E-state index in [-0.39, 0.29) is 36.7 Å². The van der Waals surface area contributed by atoms with Gasteiger partial charge in [-0.15, -0.1) is 0 Å². The molecule has 1 radical (unpaired) electrons. The number of anilines is 1. The van der Waals surface area contributed by atoms with Crippen molar-refractivity contribution in [1.82, 2.24) is 9.03 Å². The van der Waals surface area contributed by atoms with E-state index >= 15 is 0 Å². The number of fused-ring (bicyclic) bond motifs is 1. The summed E-state index contributed by atoms with van der Waals surface area (Å²) in [6, 6.07) is 7.31. The highest BCUT2D eigenvalue weighted by Gasteiger charge is 2.47. The predicted octanol–water partition coefficient (Wildman–Crippen LogP) is 4.01. The van der Waals surface area contributed by atoms with Gasteiger partial charge in [0, 0.05) is 31.5 Å². The van der Waals surface area contributed by atoms with Gasteiger partial charge in [0.1, 0.15) is 0 Å². The molecule has 40 heavy (non-hydrogen) atoms. The van der Waals surface area contributed by atoms with Crippen LogP contribution in [-0.2, 0) is 15.0 Å². The SMILES string of the molecule is C[N+]1=CN=N[C]1[C@@H](c1cccc(N2C=C3C(C(F)(F)F)=CC(CN4CCCNS4(=O)=O)=CC3C2=O)c1)C1CCC1. The van der Waals surface area contributed by atoms with E-state index in [1.807, 2.05) is 23.8 Å². The zero-order valence-electron chi connectivity index (χ0n) is 21.8. The van der Waals surface area contributed by atoms with E-state index < -0.39 is 33.8 Å². The van der Waals surface area contributed by atoms with E-state index in [1.165, 1.54) is 17.2 Å². The summed E-state index contributed by atoms with van der Waals surface area (Å²) in [4.78, 5) is 14.9. The minimum atomic E-state index is -4.72. The van der Waals surface area contributed by atoms with E-state index in [0.717, 1.165) is 41.4 Å². The average Bonchev–Trinajstić information content (AvgIpc) is 3.44. The normalized spacial score (nSPS) is 26.1. The average molecular weight is 575 g/mol. The molecule has 1 amide bonds. The summed E-state index contributed by atoms with van der Waals surface area (Å²) < 4.78 is 72.8. The number of carbonyl (C=O) groups is 1. The summed E-state index contributed by atoms with van der Waals surface area (Å²) >= 11 is 0. The Labute approximate surface area is 230 Å². The Bertz CT molecular complexity index is 1490. The van der Waals surface area contributed by atoms with Crippen LogP contribution in [0.1, 0.15) is 37.2 Å². The Morgan fingerprint density at radius 1 is 1.23 bits per heavy atom. The standard InChI is InChI=1S/C27H29F3N6O3S/c1-34-16-31-33-25(34)24(18-5-2-6-18)19-7-3-8-20(13-19)36-15-22-21(26(36)37)11-17(12-23(22)27(28,29)30)14-35-10-4-9-32-40(35,38)39/h3,7-8,11-13,15-16,18,21,24,32H,2,4-6,9-10,14H2,1H3/q+1/t21?,24-/m1/s1. The van der Waals surface area contributed by atoms with Crippen LogP contribution in [0.25, 0.3) is 0 Å². The van der Waals surface area contributed by atoms with Crippen molar-refractivity contribution >= 4 is 28.1 Å². The Hall–Kier alpha value is -3.16. The number of amides is 1. The maximum atomic E-state index is 14.2. The molecule has 1 unspecified atom stereocenters. The van der Waals surface area contributed by atoms with Crippen LogP contribution < -0.4 is 9.62 Å². The molecule has 13 heteroatoms. The molecule has 1 aromatic carbocycles. The Balaban J connectivity index is 1.33. The zero-order chi connectivity index (χ0) is 28.2. The van der Waals surface area contributed by atoms with Crippen molar-refractivity contribution in [2.75, 3.05) is 31.6 Å². The number of nitrogens with one attached hydrogen (secondary N) is 1. The fourth-order valence-corrected chi connectivity index (χ4v) is 7.20. The van der Waals surface area contributed by atoms with E-state index in [0.29, 0.717) is 18.0 Å². The quantitative estimate of drug-likeness (QED) is 0.520. The van der Waals surface area contributed by atoms with Crippen molar-refractivity contribution in [3.8, 4) is 0 Å². The molecular weight excluding hydrogens is 545 g/mol. The molecule has 0 bridgehead atoms. The van der Waals surface area contributed by atoms with Gasteiger partial charge < -0.3 is 0 Å². The van der Waals surface area contributed by atoms with Gasteiger partial charge in [0.05, 0.1) is 29.6 Å². The van der Waals surface area contributed by atoms with E-state index in [4.69, 9.17) is 0 Å². The molecule has 1 saturated carbocycles. The Kier molecular flexibility index (Phi) is 6.78. The lowest BCUT2D eigenvalue weighted by molar-refractivity contribution is -0.480. The summed E-state index contributed by atoms with van der Waals surface area (Å²) in [6.45, 7) is 0.222. The molecule has 5 aliphatic rings. The summed E-state index contributed by atoms with van der Waals surface area (Å²) in [5.74, 6) is -1.37. The van der Waals surface area contributed by atoms with E-state index in [2.05, 4.69) is 15.0 Å². The van der Waals surface area contributed by atoms with Crippen molar-refractivity contribution in [1.29, 1.82) is 0 Å². The van der Waals surface area contributed by atoms with Crippen molar-refractivity contribution in [3.63, 3.8) is 0 Å². The molecule has 0 spiro atoms. The second-order valence-electron chi connectivity index (χ2n) is 10.7. The number of nitrogens with zero attached hydrogens (tertiary/aromatic N) is 5. The molecule has 3 heterocycles. The largest absolute Gasteiger partial charge is 0.416 e. The van der Waals surface area contributed by atoms with Crippen molar-refractivity contribution < 1.29 is 31.0 Å². The van der Waals surface area contributed by atoms with E-state index in [1.54, 1.807) is 18.5 Å². The maximum absolute atomic E-state index is 14.2. The minimum Gasteiger partial charge on any atom is -0.287 e. The van der Waals surface area contributed by atoms with Crippen molar-refractivity contribution in [2.45, 2.75) is 37.8 Å². The molecule has 2 fully saturated rings. The first-order valence-corrected chi connectivity index (χ1v) is 14.7. The third-order valence-corrected chi connectivity index (χ3v) is 9.71. The molecule has 2 aliphatic carbocycles. The van der Waals surface area contributed by atoms with Crippen LogP contribution in [0.3, 0.4) is 0 Å². The highest BCUT2D eigenvalue weighted by molar-refractivity contribution is 7.87. The number of likely N-dealkylation sites (N-methyl/N-ethyl adjacent to an activating group) is 1. The maximum Gasteiger partial charge on any atom is 0.416 e. The van der Waals surface area contributed by atoms with Crippen LogP contribution in [0.2, 0.25) is 0 Å². The van der Waals surface area contributed by atoms with Gasteiger partial charge in [-0.25, -0.2) is 9.30 Å². The highest BCUT2D eigenvalue weighted by atomic mass is 32.2. The van der Waals surface area contributed by atoms with Crippen LogP contribution in [0.4, 0.5) is 18.9 Å².